The summed E-state index contributed by atoms with van der Waals surface area (Å²) in [6.45, 7) is 0. The normalized spacial score (nSPS) is 14.6. The molecule has 0 aromatic heterocycles. The maximum atomic E-state index is 11.8. The van der Waals surface area contributed by atoms with Gasteiger partial charge in [-0.05, 0) is 29.7 Å². The molecule has 31 heavy (non-hydrogen) atoms. The number of hydrogen-bond acceptors (Lipinski definition) is 10. The number of nitro benzene ring substituents is 3. The second-order valence-electron chi connectivity index (χ2n) is 6.24. The first-order chi connectivity index (χ1) is 14.8. The molecule has 0 spiro atoms. The molecule has 2 aromatic carbocycles. The number of nitrogens with zero attached hydrogens (tertiary/aromatic N) is 3. The van der Waals surface area contributed by atoms with Crippen molar-refractivity contribution in [3.05, 3.63) is 84.5 Å². The monoisotopic (exact) mass is 493 g/mol. The fraction of sp³-hybridized carbons (Fsp3) is 0.111. The molecule has 4 rings (SSSR count). The molecule has 1 heterocycles. The van der Waals surface area contributed by atoms with Crippen molar-refractivity contribution in [2.45, 2.75) is 0 Å². The minimum atomic E-state index is -0.672. The summed E-state index contributed by atoms with van der Waals surface area (Å²) in [7, 11) is 0. The summed E-state index contributed by atoms with van der Waals surface area (Å²) < 4.78 is 2.87. The fourth-order valence-corrected chi connectivity index (χ4v) is 8.53. The zero-order chi connectivity index (χ0) is 22.4. The van der Waals surface area contributed by atoms with Crippen LogP contribution in [0.25, 0.3) is 16.7 Å². The minimum absolute atomic E-state index is 0.155. The standard InChI is InChI=1S/C18H11N3O6S4/c1-28-17-18(29-2)31-16(30-17)15-11-5-8(19(22)23)3-4-10(11)14-12(15)6-9(20(24)25)7-13(14)21(26)27/h3-7H,1-2H3. The Bertz CT molecular complexity index is 1240. The first-order valence-corrected chi connectivity index (χ1v) is 12.5. The second kappa shape index (κ2) is 8.22. The van der Waals surface area contributed by atoms with E-state index in [1.165, 1.54) is 47.8 Å². The van der Waals surface area contributed by atoms with E-state index in [0.29, 0.717) is 22.3 Å². The van der Waals surface area contributed by atoms with Crippen LogP contribution in [0.5, 0.6) is 0 Å². The molecular formula is C18H11N3O6S4. The second-order valence-corrected chi connectivity index (χ2v) is 10.7. The van der Waals surface area contributed by atoms with Gasteiger partial charge in [-0.15, -0.1) is 23.5 Å². The molecule has 2 aliphatic rings. The first-order valence-electron chi connectivity index (χ1n) is 8.45. The molecule has 0 saturated heterocycles. The number of rotatable bonds is 5. The van der Waals surface area contributed by atoms with E-state index in [1.807, 2.05) is 12.5 Å². The van der Waals surface area contributed by atoms with Crippen LogP contribution in [0.1, 0.15) is 11.1 Å². The lowest BCUT2D eigenvalue weighted by Gasteiger charge is -2.07. The zero-order valence-electron chi connectivity index (χ0n) is 15.8. The van der Waals surface area contributed by atoms with Crippen molar-refractivity contribution in [2.24, 2.45) is 0 Å². The lowest BCUT2D eigenvalue weighted by Crippen LogP contribution is -1.96. The van der Waals surface area contributed by atoms with Crippen LogP contribution >= 0.6 is 47.0 Å². The molecule has 9 nitrogen and oxygen atoms in total. The summed E-state index contributed by atoms with van der Waals surface area (Å²) in [5, 5.41) is 34.6. The molecule has 158 valence electrons. The molecule has 2 aromatic rings. The van der Waals surface area contributed by atoms with Crippen LogP contribution in [-0.2, 0) is 0 Å². The van der Waals surface area contributed by atoms with Gasteiger partial charge in [-0.2, -0.15) is 0 Å². The highest BCUT2D eigenvalue weighted by Gasteiger charge is 2.38. The van der Waals surface area contributed by atoms with Gasteiger partial charge in [-0.25, -0.2) is 0 Å². The molecule has 0 amide bonds. The van der Waals surface area contributed by atoms with Gasteiger partial charge in [0.2, 0.25) is 0 Å². The summed E-state index contributed by atoms with van der Waals surface area (Å²) >= 11 is 6.04. The Morgan fingerprint density at radius 1 is 0.742 bits per heavy atom. The number of non-ortho nitro benzene ring substituents is 2. The van der Waals surface area contributed by atoms with E-state index >= 15 is 0 Å². The summed E-state index contributed by atoms with van der Waals surface area (Å²) in [5.74, 6) is 0. The molecule has 1 aliphatic carbocycles. The predicted octanol–water partition coefficient (Wildman–Crippen LogP) is 6.44. The number of fused-ring (bicyclic) bond motifs is 3. The van der Waals surface area contributed by atoms with Crippen molar-refractivity contribution in [2.75, 3.05) is 12.5 Å². The highest BCUT2D eigenvalue weighted by Crippen LogP contribution is 2.62. The summed E-state index contributed by atoms with van der Waals surface area (Å²) in [6, 6.07) is 6.39. The first kappa shape index (κ1) is 21.7. The van der Waals surface area contributed by atoms with Crippen LogP contribution in [0.3, 0.4) is 0 Å². The third-order valence-electron chi connectivity index (χ3n) is 4.64. The van der Waals surface area contributed by atoms with Crippen molar-refractivity contribution in [1.82, 2.24) is 0 Å². The van der Waals surface area contributed by atoms with Crippen molar-refractivity contribution >= 4 is 69.7 Å². The van der Waals surface area contributed by atoms with Gasteiger partial charge in [0.1, 0.15) is 0 Å². The highest BCUT2D eigenvalue weighted by molar-refractivity contribution is 8.40. The average molecular weight is 494 g/mol. The van der Waals surface area contributed by atoms with Crippen molar-refractivity contribution in [3.8, 4) is 11.1 Å². The van der Waals surface area contributed by atoms with Crippen LogP contribution in [0.2, 0.25) is 0 Å². The van der Waals surface area contributed by atoms with E-state index < -0.39 is 26.1 Å². The Morgan fingerprint density at radius 3 is 1.84 bits per heavy atom. The molecule has 0 fully saturated rings. The molecule has 0 radical (unpaired) electrons. The van der Waals surface area contributed by atoms with E-state index in [0.717, 1.165) is 18.8 Å². The Labute approximate surface area is 192 Å². The summed E-state index contributed by atoms with van der Waals surface area (Å²) in [4.78, 5) is 32.8. The van der Waals surface area contributed by atoms with Gasteiger partial charge < -0.3 is 0 Å². The zero-order valence-corrected chi connectivity index (χ0v) is 19.1. The molecule has 0 bridgehead atoms. The summed E-state index contributed by atoms with van der Waals surface area (Å²) in [5.41, 5.74) is 1.10. The fourth-order valence-electron chi connectivity index (χ4n) is 3.40. The van der Waals surface area contributed by atoms with Gasteiger partial charge in [0.15, 0.2) is 0 Å². The maximum absolute atomic E-state index is 11.8. The third kappa shape index (κ3) is 3.60. The van der Waals surface area contributed by atoms with E-state index in [-0.39, 0.29) is 11.3 Å². The van der Waals surface area contributed by atoms with E-state index in [9.17, 15) is 30.3 Å². The Morgan fingerprint density at radius 2 is 1.32 bits per heavy atom. The smallest absolute Gasteiger partial charge is 0.258 e. The molecule has 0 unspecified atom stereocenters. The lowest BCUT2D eigenvalue weighted by atomic mass is 10.0. The van der Waals surface area contributed by atoms with Gasteiger partial charge in [-0.1, -0.05) is 23.5 Å². The number of hydrogen-bond donors (Lipinski definition) is 0. The molecular weight excluding hydrogens is 482 g/mol. The Hall–Kier alpha value is -2.48. The van der Waals surface area contributed by atoms with Gasteiger partial charge in [0.05, 0.1) is 39.1 Å². The SMILES string of the molecule is CSC1=C(SC)SC(=C2c3cc([N+](=O)[O-])ccc3-c3c2cc([N+](=O)[O-])cc3[N+](=O)[O-])S1. The van der Waals surface area contributed by atoms with Gasteiger partial charge in [0.25, 0.3) is 17.1 Å². The summed E-state index contributed by atoms with van der Waals surface area (Å²) in [6.07, 6.45) is 3.87. The molecule has 13 heteroatoms. The molecule has 1 aliphatic heterocycles. The molecule has 0 saturated carbocycles. The lowest BCUT2D eigenvalue weighted by molar-refractivity contribution is -0.393. The minimum Gasteiger partial charge on any atom is -0.258 e. The van der Waals surface area contributed by atoms with E-state index in [2.05, 4.69) is 0 Å². The van der Waals surface area contributed by atoms with Gasteiger partial charge in [0, 0.05) is 29.3 Å². The van der Waals surface area contributed by atoms with Crippen LogP contribution < -0.4 is 0 Å². The van der Waals surface area contributed by atoms with Crippen LogP contribution in [0.4, 0.5) is 17.1 Å². The van der Waals surface area contributed by atoms with Crippen molar-refractivity contribution in [3.63, 3.8) is 0 Å². The van der Waals surface area contributed by atoms with Crippen molar-refractivity contribution < 1.29 is 14.8 Å². The molecule has 0 atom stereocenters. The third-order valence-corrected chi connectivity index (χ3v) is 9.87. The largest absolute Gasteiger partial charge is 0.284 e. The van der Waals surface area contributed by atoms with Gasteiger partial charge in [-0.3, -0.25) is 30.3 Å². The Balaban J connectivity index is 2.07. The molecule has 0 N–H and O–H groups in total. The van der Waals surface area contributed by atoms with E-state index in [1.54, 1.807) is 23.5 Å². The topological polar surface area (TPSA) is 129 Å². The predicted molar refractivity (Wildman–Crippen MR) is 127 cm³/mol. The van der Waals surface area contributed by atoms with Crippen LogP contribution in [0, 0.1) is 30.3 Å². The van der Waals surface area contributed by atoms with Crippen LogP contribution in [-0.4, -0.2) is 27.3 Å². The maximum Gasteiger partial charge on any atom is 0.284 e. The Kier molecular flexibility index (Phi) is 5.77. The highest BCUT2D eigenvalue weighted by atomic mass is 32.3. The van der Waals surface area contributed by atoms with Gasteiger partial charge >= 0.3 is 0 Å². The van der Waals surface area contributed by atoms with Crippen LogP contribution in [0.15, 0.2) is 43.0 Å². The average Bonchev–Trinajstić information content (AvgIpc) is 3.30. The van der Waals surface area contributed by atoms with Crippen molar-refractivity contribution in [1.29, 1.82) is 0 Å². The number of thioether (sulfide) groups is 4. The number of nitro groups is 3. The number of benzene rings is 2. The quantitative estimate of drug-likeness (QED) is 0.289. The van der Waals surface area contributed by atoms with E-state index in [4.69, 9.17) is 0 Å².